The molecular weight excluding hydrogens is 400 g/mol. The van der Waals surface area contributed by atoms with E-state index in [2.05, 4.69) is 24.8 Å². The molecule has 8 nitrogen and oxygen atoms in total. The Labute approximate surface area is 173 Å². The van der Waals surface area contributed by atoms with Crippen molar-refractivity contribution < 1.29 is 9.53 Å². The number of piperazine rings is 1. The molecule has 150 valence electrons. The Kier molecular flexibility index (Phi) is 4.99. The molecule has 28 heavy (non-hydrogen) atoms. The number of fused-ring (bicyclic) bond motifs is 3. The third-order valence-corrected chi connectivity index (χ3v) is 5.68. The fourth-order valence-electron chi connectivity index (χ4n) is 3.89. The van der Waals surface area contributed by atoms with Crippen LogP contribution in [0.3, 0.4) is 0 Å². The Morgan fingerprint density at radius 1 is 1.21 bits per heavy atom. The van der Waals surface area contributed by atoms with Crippen molar-refractivity contribution in [3.05, 3.63) is 11.5 Å². The molecule has 2 aromatic rings. The van der Waals surface area contributed by atoms with E-state index < -0.39 is 5.60 Å². The Morgan fingerprint density at radius 2 is 1.89 bits per heavy atom. The van der Waals surface area contributed by atoms with Gasteiger partial charge in [-0.25, -0.2) is 14.8 Å². The van der Waals surface area contributed by atoms with Crippen LogP contribution in [0.1, 0.15) is 33.6 Å². The zero-order valence-electron chi connectivity index (χ0n) is 16.3. The van der Waals surface area contributed by atoms with Gasteiger partial charge in [0, 0.05) is 19.3 Å². The lowest BCUT2D eigenvalue weighted by atomic mass is 10.1. The van der Waals surface area contributed by atoms with Crippen LogP contribution < -0.4 is 4.90 Å². The molecule has 2 aliphatic heterocycles. The van der Waals surface area contributed by atoms with Crippen molar-refractivity contribution in [2.45, 2.75) is 56.5 Å². The van der Waals surface area contributed by atoms with Gasteiger partial charge in [0.15, 0.2) is 10.8 Å². The molecule has 0 radical (unpaired) electrons. The topological polar surface area (TPSA) is 84.3 Å². The smallest absolute Gasteiger partial charge is 0.410 e. The first-order chi connectivity index (χ1) is 13.2. The number of hydrogen-bond donors (Lipinski definition) is 0. The van der Waals surface area contributed by atoms with E-state index in [0.717, 1.165) is 24.0 Å². The minimum Gasteiger partial charge on any atom is -0.444 e. The lowest BCUT2D eigenvalue weighted by Crippen LogP contribution is -2.57. The molecular formula is C18H23ClN6O2S. The zero-order chi connectivity index (χ0) is 20.1. The molecule has 0 N–H and O–H groups in total. The number of carbonyl (C=O) groups excluding carboxylic acids is 1. The lowest BCUT2D eigenvalue weighted by molar-refractivity contribution is 0.0123. The van der Waals surface area contributed by atoms with E-state index in [1.807, 2.05) is 31.9 Å². The van der Waals surface area contributed by atoms with Gasteiger partial charge in [-0.3, -0.25) is 4.90 Å². The summed E-state index contributed by atoms with van der Waals surface area (Å²) in [4.78, 5) is 34.3. The van der Waals surface area contributed by atoms with Crippen LogP contribution in [-0.2, 0) is 4.74 Å². The quantitative estimate of drug-likeness (QED) is 0.537. The van der Waals surface area contributed by atoms with Crippen LogP contribution in [0, 0.1) is 0 Å². The summed E-state index contributed by atoms with van der Waals surface area (Å²) >= 11 is 7.63. The van der Waals surface area contributed by atoms with Crippen LogP contribution in [0.15, 0.2) is 11.4 Å². The third kappa shape index (κ3) is 3.69. The normalized spacial score (nSPS) is 22.0. The number of nitrogens with zero attached hydrogens (tertiary/aromatic N) is 6. The van der Waals surface area contributed by atoms with Gasteiger partial charge >= 0.3 is 6.09 Å². The van der Waals surface area contributed by atoms with Gasteiger partial charge < -0.3 is 9.64 Å². The lowest BCUT2D eigenvalue weighted by Gasteiger charge is -2.41. The van der Waals surface area contributed by atoms with E-state index in [0.29, 0.717) is 23.9 Å². The van der Waals surface area contributed by atoms with Crippen molar-refractivity contribution in [3.8, 4) is 0 Å². The monoisotopic (exact) mass is 422 g/mol. The molecule has 2 fully saturated rings. The Balaban J connectivity index is 1.62. The molecule has 0 unspecified atom stereocenters. The van der Waals surface area contributed by atoms with E-state index in [4.69, 9.17) is 16.3 Å². The largest absolute Gasteiger partial charge is 0.444 e. The SMILES string of the molecule is CSc1ncc2c(N3C[C@H]4CC[C@@H](C3)N4C(=O)OC(C)(C)C)nc(Cl)nc2n1. The summed E-state index contributed by atoms with van der Waals surface area (Å²) in [6, 6.07) is 0.174. The first-order valence-corrected chi connectivity index (χ1v) is 10.9. The number of halogens is 1. The van der Waals surface area contributed by atoms with Gasteiger partial charge in [-0.2, -0.15) is 9.97 Å². The molecule has 2 aromatic heterocycles. The predicted octanol–water partition coefficient (Wildman–Crippen LogP) is 3.38. The van der Waals surface area contributed by atoms with Crippen LogP contribution >= 0.6 is 23.4 Å². The number of carbonyl (C=O) groups is 1. The first-order valence-electron chi connectivity index (χ1n) is 9.25. The molecule has 2 atom stereocenters. The van der Waals surface area contributed by atoms with Crippen LogP contribution in [0.25, 0.3) is 11.0 Å². The maximum atomic E-state index is 12.7. The molecule has 10 heteroatoms. The Morgan fingerprint density at radius 3 is 2.50 bits per heavy atom. The van der Waals surface area contributed by atoms with Gasteiger partial charge in [0.25, 0.3) is 0 Å². The van der Waals surface area contributed by atoms with Crippen LogP contribution in [0.2, 0.25) is 5.28 Å². The van der Waals surface area contributed by atoms with Crippen LogP contribution in [-0.4, -0.2) is 68.0 Å². The molecule has 2 bridgehead atoms. The predicted molar refractivity (Wildman–Crippen MR) is 109 cm³/mol. The fraction of sp³-hybridized carbons (Fsp3) is 0.611. The maximum absolute atomic E-state index is 12.7. The fourth-order valence-corrected chi connectivity index (χ4v) is 4.38. The van der Waals surface area contributed by atoms with Gasteiger partial charge in [0.2, 0.25) is 5.28 Å². The maximum Gasteiger partial charge on any atom is 0.410 e. The molecule has 2 aliphatic rings. The van der Waals surface area contributed by atoms with Crippen molar-refractivity contribution in [2.24, 2.45) is 0 Å². The van der Waals surface area contributed by atoms with E-state index in [1.165, 1.54) is 11.8 Å². The second kappa shape index (κ2) is 7.18. The van der Waals surface area contributed by atoms with Crippen molar-refractivity contribution in [3.63, 3.8) is 0 Å². The summed E-state index contributed by atoms with van der Waals surface area (Å²) < 4.78 is 5.61. The molecule has 1 amide bonds. The van der Waals surface area contributed by atoms with Crippen molar-refractivity contribution in [1.82, 2.24) is 24.8 Å². The molecule has 4 rings (SSSR count). The first kappa shape index (κ1) is 19.4. The van der Waals surface area contributed by atoms with Crippen molar-refractivity contribution in [2.75, 3.05) is 24.2 Å². The summed E-state index contributed by atoms with van der Waals surface area (Å²) in [5.41, 5.74) is 0.0346. The number of aromatic nitrogens is 4. The Bertz CT molecular complexity index is 907. The molecule has 0 aliphatic carbocycles. The third-order valence-electron chi connectivity index (χ3n) is 4.95. The highest BCUT2D eigenvalue weighted by Crippen LogP contribution is 2.35. The summed E-state index contributed by atoms with van der Waals surface area (Å²) in [5, 5.41) is 1.57. The molecule has 0 aromatic carbocycles. The summed E-state index contributed by atoms with van der Waals surface area (Å²) in [6.07, 6.45) is 5.33. The molecule has 4 heterocycles. The number of thioether (sulfide) groups is 1. The van der Waals surface area contributed by atoms with E-state index in [1.54, 1.807) is 6.20 Å². The number of anilines is 1. The molecule has 0 spiro atoms. The van der Waals surface area contributed by atoms with Gasteiger partial charge in [0.05, 0.1) is 17.5 Å². The van der Waals surface area contributed by atoms with E-state index in [9.17, 15) is 4.79 Å². The summed E-state index contributed by atoms with van der Waals surface area (Å²) in [7, 11) is 0. The van der Waals surface area contributed by atoms with Crippen molar-refractivity contribution in [1.29, 1.82) is 0 Å². The second-order valence-electron chi connectivity index (χ2n) is 8.09. The van der Waals surface area contributed by atoms with Gasteiger partial charge in [0.1, 0.15) is 11.4 Å². The number of hydrogen-bond acceptors (Lipinski definition) is 8. The highest BCUT2D eigenvalue weighted by atomic mass is 35.5. The van der Waals surface area contributed by atoms with Crippen molar-refractivity contribution >= 4 is 46.3 Å². The number of rotatable bonds is 2. The van der Waals surface area contributed by atoms with Gasteiger partial charge in [-0.05, 0) is 51.5 Å². The minimum atomic E-state index is -0.504. The number of amides is 1. The summed E-state index contributed by atoms with van der Waals surface area (Å²) in [6.45, 7) is 7.01. The molecule has 2 saturated heterocycles. The number of ether oxygens (including phenoxy) is 1. The van der Waals surface area contributed by atoms with Crippen LogP contribution in [0.5, 0.6) is 0 Å². The zero-order valence-corrected chi connectivity index (χ0v) is 17.9. The average molecular weight is 423 g/mol. The molecule has 0 saturated carbocycles. The Hall–Kier alpha value is -1.87. The minimum absolute atomic E-state index is 0.0868. The van der Waals surface area contributed by atoms with E-state index in [-0.39, 0.29) is 23.5 Å². The average Bonchev–Trinajstić information content (AvgIpc) is 2.89. The standard InChI is InChI=1S/C18H23ClN6O2S/c1-18(2,3)27-17(26)25-10-5-6-11(25)9-24(8-10)14-12-7-20-16(28-4)22-13(12)21-15(19)23-14/h7,10-11H,5-6,8-9H2,1-4H3/t10-,11+. The second-order valence-corrected chi connectivity index (χ2v) is 9.20. The highest BCUT2D eigenvalue weighted by Gasteiger charge is 2.45. The van der Waals surface area contributed by atoms with Gasteiger partial charge in [-0.1, -0.05) is 11.8 Å². The van der Waals surface area contributed by atoms with Gasteiger partial charge in [-0.15, -0.1) is 0 Å². The summed E-state index contributed by atoms with van der Waals surface area (Å²) in [5.74, 6) is 0.725. The van der Waals surface area contributed by atoms with Crippen LogP contribution in [0.4, 0.5) is 10.6 Å². The highest BCUT2D eigenvalue weighted by molar-refractivity contribution is 7.98. The van der Waals surface area contributed by atoms with E-state index >= 15 is 0 Å².